The van der Waals surface area contributed by atoms with E-state index in [4.69, 9.17) is 0 Å². The number of nitrogens with one attached hydrogen (secondary N) is 2. The number of nitro benzene ring substituents is 1. The van der Waals surface area contributed by atoms with Crippen molar-refractivity contribution in [3.8, 4) is 0 Å². The molecule has 0 saturated carbocycles. The maximum atomic E-state index is 13.3. The number of hydrogen-bond donors (Lipinski definition) is 2. The van der Waals surface area contributed by atoms with Crippen molar-refractivity contribution in [2.24, 2.45) is 0 Å². The number of non-ortho nitro benzene ring substituents is 1. The van der Waals surface area contributed by atoms with Crippen LogP contribution in [0.25, 0.3) is 0 Å². The lowest BCUT2D eigenvalue weighted by molar-refractivity contribution is -0.384. The molecule has 3 aromatic rings. The van der Waals surface area contributed by atoms with Crippen molar-refractivity contribution in [1.82, 2.24) is 9.97 Å². The minimum atomic E-state index is -0.487. The van der Waals surface area contributed by atoms with Gasteiger partial charge in [-0.05, 0) is 36.1 Å². The molecule has 8 nitrogen and oxygen atoms in total. The van der Waals surface area contributed by atoms with E-state index in [-0.39, 0.29) is 17.0 Å². The van der Waals surface area contributed by atoms with Gasteiger partial charge in [0.2, 0.25) is 0 Å². The van der Waals surface area contributed by atoms with E-state index >= 15 is 0 Å². The molecule has 1 unspecified atom stereocenters. The van der Waals surface area contributed by atoms with Crippen molar-refractivity contribution in [3.05, 3.63) is 101 Å². The monoisotopic (exact) mass is 538 g/mol. The molecule has 0 saturated heterocycles. The van der Waals surface area contributed by atoms with Gasteiger partial charge in [0.1, 0.15) is 5.82 Å². The number of Topliss-reactive ketones (excluding diaryl/α,β-unsaturated/α-hetero) is 1. The van der Waals surface area contributed by atoms with Gasteiger partial charge in [-0.25, -0.2) is 4.98 Å². The van der Waals surface area contributed by atoms with E-state index in [9.17, 15) is 19.7 Å². The number of aromatic nitrogens is 2. The fourth-order valence-corrected chi connectivity index (χ4v) is 5.48. The topological polar surface area (TPSA) is 118 Å². The highest BCUT2D eigenvalue weighted by molar-refractivity contribution is 9.10. The zero-order chi connectivity index (χ0) is 23.8. The molecule has 0 amide bonds. The summed E-state index contributed by atoms with van der Waals surface area (Å²) in [5.41, 5.74) is 3.22. The molecule has 5 rings (SSSR count). The number of carbonyl (C=O) groups is 1. The normalized spacial score (nSPS) is 17.1. The molecule has 0 spiro atoms. The number of aromatic amines is 1. The second-order valence-corrected chi connectivity index (χ2v) is 10.0. The van der Waals surface area contributed by atoms with E-state index in [1.165, 1.54) is 23.9 Å². The molecule has 0 fully saturated rings. The van der Waals surface area contributed by atoms with Crippen molar-refractivity contribution in [2.75, 3.05) is 5.32 Å². The molecule has 34 heavy (non-hydrogen) atoms. The molecule has 1 aromatic heterocycles. The highest BCUT2D eigenvalue weighted by Gasteiger charge is 2.37. The van der Waals surface area contributed by atoms with Crippen LogP contribution in [0.2, 0.25) is 0 Å². The molecule has 2 aliphatic rings. The van der Waals surface area contributed by atoms with Crippen LogP contribution in [0.3, 0.4) is 0 Å². The first-order valence-corrected chi connectivity index (χ1v) is 12.5. The van der Waals surface area contributed by atoms with E-state index in [1.807, 2.05) is 24.3 Å². The van der Waals surface area contributed by atoms with Crippen LogP contribution in [0.1, 0.15) is 41.9 Å². The molecule has 0 radical (unpaired) electrons. The van der Waals surface area contributed by atoms with Crippen molar-refractivity contribution < 1.29 is 9.72 Å². The lowest BCUT2D eigenvalue weighted by atomic mass is 9.76. The summed E-state index contributed by atoms with van der Waals surface area (Å²) < 4.78 is 0.912. The highest BCUT2D eigenvalue weighted by atomic mass is 79.9. The molecule has 2 heterocycles. The molecule has 172 valence electrons. The largest absolute Gasteiger partial charge is 0.343 e. The highest BCUT2D eigenvalue weighted by Crippen LogP contribution is 2.43. The summed E-state index contributed by atoms with van der Waals surface area (Å²) in [7, 11) is 0. The fourth-order valence-electron chi connectivity index (χ4n) is 4.41. The Labute approximate surface area is 207 Å². The quantitative estimate of drug-likeness (QED) is 0.196. The lowest BCUT2D eigenvalue weighted by Crippen LogP contribution is -2.32. The Kier molecular flexibility index (Phi) is 6.09. The second kappa shape index (κ2) is 9.19. The Morgan fingerprint density at radius 1 is 1.15 bits per heavy atom. The standard InChI is InChI=1S/C24H19BrN4O4S/c25-15-9-7-14(8-10-15)19-20-17(5-2-6-18(20)30)26-22-21(19)23(31)28-24(27-22)34-12-13-3-1-4-16(11-13)29(32)33/h1,3-4,7-11,19H,2,5-6,12H2,(H2,26,27,28,31). The molecule has 1 aliphatic carbocycles. The van der Waals surface area contributed by atoms with E-state index in [0.717, 1.165) is 34.1 Å². The number of nitro groups is 1. The first-order valence-electron chi connectivity index (χ1n) is 10.7. The summed E-state index contributed by atoms with van der Waals surface area (Å²) in [6.07, 6.45) is 1.94. The summed E-state index contributed by atoms with van der Waals surface area (Å²) in [5, 5.41) is 14.7. The number of nitrogens with zero attached hydrogens (tertiary/aromatic N) is 2. The maximum Gasteiger partial charge on any atom is 0.269 e. The number of anilines is 1. The van der Waals surface area contributed by atoms with Crippen LogP contribution < -0.4 is 10.9 Å². The van der Waals surface area contributed by atoms with Crippen LogP contribution in [0, 0.1) is 10.1 Å². The number of halogens is 1. The molecular weight excluding hydrogens is 520 g/mol. The van der Waals surface area contributed by atoms with Crippen LogP contribution in [0.4, 0.5) is 11.5 Å². The number of thioether (sulfide) groups is 1. The number of allylic oxidation sites excluding steroid dienone is 2. The fraction of sp³-hybridized carbons (Fsp3) is 0.208. The number of H-pyrrole nitrogens is 1. The van der Waals surface area contributed by atoms with Gasteiger partial charge in [0.05, 0.1) is 10.5 Å². The van der Waals surface area contributed by atoms with Crippen molar-refractivity contribution in [1.29, 1.82) is 0 Å². The molecule has 1 aliphatic heterocycles. The van der Waals surface area contributed by atoms with Crippen LogP contribution in [-0.4, -0.2) is 20.7 Å². The van der Waals surface area contributed by atoms with Crippen molar-refractivity contribution >= 4 is 45.0 Å². The Balaban J connectivity index is 1.52. The third kappa shape index (κ3) is 4.30. The van der Waals surface area contributed by atoms with Gasteiger partial charge in [0.15, 0.2) is 10.9 Å². The minimum absolute atomic E-state index is 0.0189. The first-order chi connectivity index (χ1) is 16.4. The van der Waals surface area contributed by atoms with Crippen molar-refractivity contribution in [2.45, 2.75) is 36.1 Å². The van der Waals surface area contributed by atoms with Gasteiger partial charge < -0.3 is 10.3 Å². The Morgan fingerprint density at radius 3 is 2.71 bits per heavy atom. The number of hydrogen-bond acceptors (Lipinski definition) is 7. The molecule has 2 aromatic carbocycles. The summed E-state index contributed by atoms with van der Waals surface area (Å²) in [6, 6.07) is 14.0. The predicted octanol–water partition coefficient (Wildman–Crippen LogP) is 5.30. The van der Waals surface area contributed by atoms with E-state index in [0.29, 0.717) is 34.3 Å². The molecule has 1 atom stereocenters. The Morgan fingerprint density at radius 2 is 1.94 bits per heavy atom. The molecule has 10 heteroatoms. The van der Waals surface area contributed by atoms with Crippen LogP contribution in [0.5, 0.6) is 0 Å². The third-order valence-corrected chi connectivity index (χ3v) is 7.41. The maximum absolute atomic E-state index is 13.3. The van der Waals surface area contributed by atoms with Gasteiger partial charge in [-0.3, -0.25) is 19.7 Å². The minimum Gasteiger partial charge on any atom is -0.343 e. The zero-order valence-corrected chi connectivity index (χ0v) is 20.2. The zero-order valence-electron chi connectivity index (χ0n) is 17.8. The van der Waals surface area contributed by atoms with E-state index in [1.54, 1.807) is 12.1 Å². The van der Waals surface area contributed by atoms with Gasteiger partial charge in [0.25, 0.3) is 11.2 Å². The first kappa shape index (κ1) is 22.5. The van der Waals surface area contributed by atoms with Crippen LogP contribution >= 0.6 is 27.7 Å². The van der Waals surface area contributed by atoms with Gasteiger partial charge >= 0.3 is 0 Å². The van der Waals surface area contributed by atoms with E-state index < -0.39 is 10.8 Å². The van der Waals surface area contributed by atoms with Crippen LogP contribution in [0.15, 0.2) is 74.2 Å². The van der Waals surface area contributed by atoms with E-state index in [2.05, 4.69) is 31.2 Å². The summed E-state index contributed by atoms with van der Waals surface area (Å²) >= 11 is 4.73. The Hall–Kier alpha value is -3.24. The number of rotatable bonds is 5. The SMILES string of the molecule is O=C1CCCC2=C1C(c1ccc(Br)cc1)c1c(nc(SCc3cccc([N+](=O)[O-])c3)[nH]c1=O)N2. The van der Waals surface area contributed by atoms with Gasteiger partial charge in [-0.15, -0.1) is 0 Å². The number of carbonyl (C=O) groups excluding carboxylic acids is 1. The predicted molar refractivity (Wildman–Crippen MR) is 133 cm³/mol. The van der Waals surface area contributed by atoms with Gasteiger partial charge in [-0.2, -0.15) is 0 Å². The van der Waals surface area contributed by atoms with Crippen molar-refractivity contribution in [3.63, 3.8) is 0 Å². The van der Waals surface area contributed by atoms with Gasteiger partial charge in [0, 0.05) is 46.0 Å². The smallest absolute Gasteiger partial charge is 0.269 e. The lowest BCUT2D eigenvalue weighted by Gasteiger charge is -2.32. The molecule has 0 bridgehead atoms. The number of fused-ring (bicyclic) bond motifs is 1. The Bertz CT molecular complexity index is 1400. The average Bonchev–Trinajstić information content (AvgIpc) is 2.82. The second-order valence-electron chi connectivity index (χ2n) is 8.13. The summed E-state index contributed by atoms with van der Waals surface area (Å²) in [4.78, 5) is 44.3. The summed E-state index contributed by atoms with van der Waals surface area (Å²) in [6.45, 7) is 0. The average molecular weight is 539 g/mol. The van der Waals surface area contributed by atoms with Crippen LogP contribution in [-0.2, 0) is 10.5 Å². The molecular formula is C24H19BrN4O4S. The summed E-state index contributed by atoms with van der Waals surface area (Å²) in [5.74, 6) is 0.424. The third-order valence-electron chi connectivity index (χ3n) is 5.94. The van der Waals surface area contributed by atoms with Gasteiger partial charge in [-0.1, -0.05) is 52.0 Å². The number of benzene rings is 2. The number of ketones is 1. The molecule has 2 N–H and O–H groups in total.